The first-order valence-electron chi connectivity index (χ1n) is 6.40. The van der Waals surface area contributed by atoms with Crippen molar-refractivity contribution in [3.05, 3.63) is 11.7 Å². The van der Waals surface area contributed by atoms with E-state index in [1.165, 1.54) is 0 Å². The van der Waals surface area contributed by atoms with Crippen LogP contribution >= 0.6 is 0 Å². The number of ether oxygens (including phenoxy) is 2. The zero-order valence-corrected chi connectivity index (χ0v) is 11.2. The summed E-state index contributed by atoms with van der Waals surface area (Å²) < 4.78 is 15.1. The standard InChI is InChI=1S/C12H19N3O4/c1-8(13-10(16)7-18-6-5-17-2)12-14-11(15-19-12)9-3-4-9/h8-9H,3-7H2,1-2H3,(H,13,16). The van der Waals surface area contributed by atoms with Crippen LogP contribution in [0, 0.1) is 0 Å². The molecule has 1 fully saturated rings. The Balaban J connectivity index is 1.72. The molecule has 0 spiro atoms. The van der Waals surface area contributed by atoms with Gasteiger partial charge in [0.2, 0.25) is 11.8 Å². The number of hydrogen-bond donors (Lipinski definition) is 1. The molecule has 1 aliphatic rings. The van der Waals surface area contributed by atoms with Crippen LogP contribution in [0.15, 0.2) is 4.52 Å². The monoisotopic (exact) mass is 269 g/mol. The largest absolute Gasteiger partial charge is 0.382 e. The quantitative estimate of drug-likeness (QED) is 0.702. The molecule has 1 heterocycles. The highest BCUT2D eigenvalue weighted by atomic mass is 16.5. The van der Waals surface area contributed by atoms with Gasteiger partial charge in [-0.25, -0.2) is 0 Å². The molecule has 1 amide bonds. The third-order valence-corrected chi connectivity index (χ3v) is 2.81. The maximum absolute atomic E-state index is 11.6. The molecular weight excluding hydrogens is 250 g/mol. The van der Waals surface area contributed by atoms with E-state index in [0.29, 0.717) is 25.0 Å². The van der Waals surface area contributed by atoms with Gasteiger partial charge >= 0.3 is 0 Å². The maximum atomic E-state index is 11.6. The van der Waals surface area contributed by atoms with Crippen molar-refractivity contribution in [1.82, 2.24) is 15.5 Å². The summed E-state index contributed by atoms with van der Waals surface area (Å²) >= 11 is 0. The molecule has 1 N–H and O–H groups in total. The Morgan fingerprint density at radius 3 is 3.00 bits per heavy atom. The van der Waals surface area contributed by atoms with E-state index < -0.39 is 0 Å². The van der Waals surface area contributed by atoms with Gasteiger partial charge in [0.25, 0.3) is 0 Å². The predicted octanol–water partition coefficient (Wildman–Crippen LogP) is 0.787. The Morgan fingerprint density at radius 1 is 1.53 bits per heavy atom. The average molecular weight is 269 g/mol. The van der Waals surface area contributed by atoms with E-state index in [2.05, 4.69) is 15.5 Å². The van der Waals surface area contributed by atoms with Gasteiger partial charge in [-0.1, -0.05) is 5.16 Å². The van der Waals surface area contributed by atoms with Gasteiger partial charge in [-0.05, 0) is 19.8 Å². The van der Waals surface area contributed by atoms with E-state index >= 15 is 0 Å². The van der Waals surface area contributed by atoms with Gasteiger partial charge in [-0.3, -0.25) is 4.79 Å². The van der Waals surface area contributed by atoms with Crippen LogP contribution in [0.25, 0.3) is 0 Å². The minimum absolute atomic E-state index is 0.00266. The molecule has 1 unspecified atom stereocenters. The number of amides is 1. The molecule has 0 bridgehead atoms. The second-order valence-electron chi connectivity index (χ2n) is 4.60. The summed E-state index contributed by atoms with van der Waals surface area (Å²) in [6, 6.07) is -0.307. The fourth-order valence-electron chi connectivity index (χ4n) is 1.58. The lowest BCUT2D eigenvalue weighted by Crippen LogP contribution is -2.30. The Morgan fingerprint density at radius 2 is 2.32 bits per heavy atom. The van der Waals surface area contributed by atoms with Gasteiger partial charge in [0.1, 0.15) is 12.6 Å². The van der Waals surface area contributed by atoms with Gasteiger partial charge in [-0.2, -0.15) is 4.98 Å². The van der Waals surface area contributed by atoms with E-state index in [0.717, 1.165) is 18.7 Å². The summed E-state index contributed by atoms with van der Waals surface area (Å²) in [5, 5.41) is 6.65. The lowest BCUT2D eigenvalue weighted by Gasteiger charge is -2.09. The summed E-state index contributed by atoms with van der Waals surface area (Å²) in [6.07, 6.45) is 2.24. The van der Waals surface area contributed by atoms with Crippen molar-refractivity contribution in [3.8, 4) is 0 Å². The van der Waals surface area contributed by atoms with Crippen molar-refractivity contribution in [3.63, 3.8) is 0 Å². The predicted molar refractivity (Wildman–Crippen MR) is 65.5 cm³/mol. The summed E-state index contributed by atoms with van der Waals surface area (Å²) in [7, 11) is 1.58. The zero-order chi connectivity index (χ0) is 13.7. The van der Waals surface area contributed by atoms with Gasteiger partial charge in [-0.15, -0.1) is 0 Å². The molecule has 1 atom stereocenters. The molecule has 7 nitrogen and oxygen atoms in total. The average Bonchev–Trinajstić information content (AvgIpc) is 3.12. The number of carbonyl (C=O) groups excluding carboxylic acids is 1. The van der Waals surface area contributed by atoms with Crippen molar-refractivity contribution in [1.29, 1.82) is 0 Å². The first-order valence-corrected chi connectivity index (χ1v) is 6.40. The third-order valence-electron chi connectivity index (χ3n) is 2.81. The van der Waals surface area contributed by atoms with Crippen LogP contribution in [-0.4, -0.2) is 43.0 Å². The fraction of sp³-hybridized carbons (Fsp3) is 0.750. The molecule has 106 valence electrons. The number of hydrogen-bond acceptors (Lipinski definition) is 6. The highest BCUT2D eigenvalue weighted by Gasteiger charge is 2.29. The van der Waals surface area contributed by atoms with Crippen molar-refractivity contribution < 1.29 is 18.8 Å². The molecule has 0 aromatic carbocycles. The second-order valence-corrected chi connectivity index (χ2v) is 4.60. The number of nitrogens with one attached hydrogen (secondary N) is 1. The van der Waals surface area contributed by atoms with Gasteiger partial charge in [0, 0.05) is 13.0 Å². The molecule has 1 saturated carbocycles. The molecule has 2 rings (SSSR count). The maximum Gasteiger partial charge on any atom is 0.248 e. The summed E-state index contributed by atoms with van der Waals surface area (Å²) in [5.41, 5.74) is 0. The lowest BCUT2D eigenvalue weighted by molar-refractivity contribution is -0.126. The fourth-order valence-corrected chi connectivity index (χ4v) is 1.58. The summed E-state index contributed by atoms with van der Waals surface area (Å²) in [4.78, 5) is 15.9. The minimum Gasteiger partial charge on any atom is -0.382 e. The van der Waals surface area contributed by atoms with Crippen LogP contribution in [0.5, 0.6) is 0 Å². The number of rotatable bonds is 8. The molecule has 0 saturated heterocycles. The molecule has 7 heteroatoms. The molecule has 0 aliphatic heterocycles. The van der Waals surface area contributed by atoms with Crippen LogP contribution < -0.4 is 5.32 Å². The SMILES string of the molecule is COCCOCC(=O)NC(C)c1nc(C2CC2)no1. The number of methoxy groups -OCH3 is 1. The first kappa shape index (κ1) is 14.0. The molecule has 0 radical (unpaired) electrons. The van der Waals surface area contributed by atoms with Crippen LogP contribution in [-0.2, 0) is 14.3 Å². The molecule has 1 aliphatic carbocycles. The van der Waals surface area contributed by atoms with E-state index in [1.54, 1.807) is 14.0 Å². The summed E-state index contributed by atoms with van der Waals surface area (Å²) in [6.45, 7) is 2.66. The van der Waals surface area contributed by atoms with E-state index in [9.17, 15) is 4.79 Å². The van der Waals surface area contributed by atoms with Crippen LogP contribution in [0.4, 0.5) is 0 Å². The van der Waals surface area contributed by atoms with Crippen molar-refractivity contribution in [2.24, 2.45) is 0 Å². The smallest absolute Gasteiger partial charge is 0.248 e. The Labute approximate surface area is 111 Å². The first-order chi connectivity index (χ1) is 9.20. The zero-order valence-electron chi connectivity index (χ0n) is 11.2. The topological polar surface area (TPSA) is 86.5 Å². The number of carbonyl (C=O) groups is 1. The second kappa shape index (κ2) is 6.63. The van der Waals surface area contributed by atoms with E-state index in [4.69, 9.17) is 14.0 Å². The molecule has 1 aromatic heterocycles. The molecule has 19 heavy (non-hydrogen) atoms. The minimum atomic E-state index is -0.307. The van der Waals surface area contributed by atoms with Crippen LogP contribution in [0.3, 0.4) is 0 Å². The Kier molecular flexibility index (Phi) is 4.86. The van der Waals surface area contributed by atoms with Gasteiger partial charge in [0.05, 0.1) is 13.2 Å². The van der Waals surface area contributed by atoms with Crippen molar-refractivity contribution >= 4 is 5.91 Å². The Hall–Kier alpha value is -1.47. The highest BCUT2D eigenvalue weighted by molar-refractivity contribution is 5.77. The third kappa shape index (κ3) is 4.29. The van der Waals surface area contributed by atoms with E-state index in [1.807, 2.05) is 0 Å². The van der Waals surface area contributed by atoms with Crippen LogP contribution in [0.2, 0.25) is 0 Å². The van der Waals surface area contributed by atoms with Crippen molar-refractivity contribution in [2.75, 3.05) is 26.9 Å². The van der Waals surface area contributed by atoms with Gasteiger partial charge in [0.15, 0.2) is 5.82 Å². The van der Waals surface area contributed by atoms with Crippen molar-refractivity contribution in [2.45, 2.75) is 31.7 Å². The van der Waals surface area contributed by atoms with Gasteiger partial charge < -0.3 is 19.3 Å². The number of nitrogens with zero attached hydrogens (tertiary/aromatic N) is 2. The molecular formula is C12H19N3O4. The summed E-state index contributed by atoms with van der Waals surface area (Å²) in [5.74, 6) is 1.41. The molecule has 1 aromatic rings. The lowest BCUT2D eigenvalue weighted by atomic mass is 10.3. The normalized spacial score (nSPS) is 16.3. The van der Waals surface area contributed by atoms with Crippen LogP contribution in [0.1, 0.15) is 43.4 Å². The Bertz CT molecular complexity index is 417. The number of aromatic nitrogens is 2. The van der Waals surface area contributed by atoms with E-state index in [-0.39, 0.29) is 18.6 Å². The highest BCUT2D eigenvalue weighted by Crippen LogP contribution is 2.38.